The van der Waals surface area contributed by atoms with Crippen LogP contribution in [0.3, 0.4) is 0 Å². The molecule has 0 aromatic rings. The van der Waals surface area contributed by atoms with E-state index < -0.39 is 6.09 Å². The fourth-order valence-corrected chi connectivity index (χ4v) is 0.151. The SMILES string of the molecule is BCNC(=O)O. The zero-order valence-electron chi connectivity index (χ0n) is 3.56. The van der Waals surface area contributed by atoms with Crippen LogP contribution in [0.15, 0.2) is 0 Å². The van der Waals surface area contributed by atoms with Gasteiger partial charge in [-0.3, -0.25) is 0 Å². The summed E-state index contributed by atoms with van der Waals surface area (Å²) in [5.74, 6) is 0. The average Bonchev–Trinajstić information content (AvgIpc) is 1.35. The van der Waals surface area contributed by atoms with Crippen molar-refractivity contribution in [2.45, 2.75) is 0 Å². The van der Waals surface area contributed by atoms with Crippen molar-refractivity contribution in [3.05, 3.63) is 0 Å². The van der Waals surface area contributed by atoms with Crippen LogP contribution in [-0.4, -0.2) is 25.5 Å². The second-order valence-electron chi connectivity index (χ2n) is 0.835. The lowest BCUT2D eigenvalue weighted by Crippen LogP contribution is -2.21. The third kappa shape index (κ3) is 3.33. The van der Waals surface area contributed by atoms with Crippen LogP contribution < -0.4 is 5.32 Å². The molecular formula is C2H6BNO2. The van der Waals surface area contributed by atoms with Gasteiger partial charge < -0.3 is 10.4 Å². The van der Waals surface area contributed by atoms with Crippen LogP contribution in [0.2, 0.25) is 0 Å². The van der Waals surface area contributed by atoms with E-state index in [9.17, 15) is 4.79 Å². The molecule has 3 nitrogen and oxygen atoms in total. The molecule has 0 spiro atoms. The van der Waals surface area contributed by atoms with E-state index in [0.717, 1.165) is 0 Å². The van der Waals surface area contributed by atoms with Crippen LogP contribution in [0, 0.1) is 0 Å². The molecule has 0 radical (unpaired) electrons. The molecule has 0 rings (SSSR count). The second-order valence-corrected chi connectivity index (χ2v) is 0.835. The molecule has 6 heavy (non-hydrogen) atoms. The highest BCUT2D eigenvalue weighted by Gasteiger charge is 1.83. The van der Waals surface area contributed by atoms with E-state index in [0.29, 0.717) is 6.44 Å². The van der Waals surface area contributed by atoms with Gasteiger partial charge in [0.2, 0.25) is 0 Å². The number of carbonyl (C=O) groups is 1. The van der Waals surface area contributed by atoms with Crippen molar-refractivity contribution >= 4 is 13.9 Å². The van der Waals surface area contributed by atoms with Crippen LogP contribution >= 0.6 is 0 Å². The van der Waals surface area contributed by atoms with Crippen LogP contribution in [0.4, 0.5) is 4.79 Å². The van der Waals surface area contributed by atoms with Crippen molar-refractivity contribution < 1.29 is 9.90 Å². The topological polar surface area (TPSA) is 49.3 Å². The van der Waals surface area contributed by atoms with Gasteiger partial charge in [0, 0.05) is 0 Å². The summed E-state index contributed by atoms with van der Waals surface area (Å²) in [4.78, 5) is 9.49. The van der Waals surface area contributed by atoms with Gasteiger partial charge in [0.1, 0.15) is 7.85 Å². The molecule has 0 saturated heterocycles. The Hall–Kier alpha value is -0.665. The van der Waals surface area contributed by atoms with Gasteiger partial charge in [0.25, 0.3) is 0 Å². The average molecular weight is 86.9 g/mol. The molecule has 0 aromatic heterocycles. The number of nitrogens with one attached hydrogen (secondary N) is 1. The van der Waals surface area contributed by atoms with Crippen molar-refractivity contribution in [1.29, 1.82) is 0 Å². The minimum atomic E-state index is -0.961. The molecule has 0 bridgehead atoms. The van der Waals surface area contributed by atoms with Crippen LogP contribution in [0.5, 0.6) is 0 Å². The Morgan fingerprint density at radius 3 is 2.50 bits per heavy atom. The maximum Gasteiger partial charge on any atom is 0.403 e. The standard InChI is InChI=1S/C2H6BNO2/c3-1-4-2(5)6/h4H,1,3H2,(H,5,6). The van der Waals surface area contributed by atoms with Gasteiger partial charge in [-0.05, 0) is 6.44 Å². The number of carboxylic acid groups (broad SMARTS) is 1. The molecule has 0 aliphatic heterocycles. The molecule has 0 unspecified atom stereocenters. The van der Waals surface area contributed by atoms with Crippen molar-refractivity contribution in [2.24, 2.45) is 0 Å². The Balaban J connectivity index is 2.83. The molecule has 4 heteroatoms. The molecule has 0 atom stereocenters. The number of amides is 1. The van der Waals surface area contributed by atoms with E-state index in [1.165, 1.54) is 0 Å². The molecule has 34 valence electrons. The highest BCUT2D eigenvalue weighted by Crippen LogP contribution is 1.51. The highest BCUT2D eigenvalue weighted by atomic mass is 16.4. The maximum atomic E-state index is 9.49. The zero-order chi connectivity index (χ0) is 4.99. The Morgan fingerprint density at radius 1 is 2.00 bits per heavy atom. The first-order valence-corrected chi connectivity index (χ1v) is 1.74. The summed E-state index contributed by atoms with van der Waals surface area (Å²) in [5.41, 5.74) is 0. The van der Waals surface area contributed by atoms with Crippen molar-refractivity contribution in [3.8, 4) is 0 Å². The lowest BCUT2D eigenvalue weighted by Gasteiger charge is -1.87. The number of hydrogen-bond acceptors (Lipinski definition) is 1. The highest BCUT2D eigenvalue weighted by molar-refractivity contribution is 6.09. The third-order valence-electron chi connectivity index (χ3n) is 0.328. The first kappa shape index (κ1) is 5.33. The van der Waals surface area contributed by atoms with Gasteiger partial charge in [0.05, 0.1) is 0 Å². The lowest BCUT2D eigenvalue weighted by molar-refractivity contribution is 0.196. The van der Waals surface area contributed by atoms with Crippen LogP contribution in [-0.2, 0) is 0 Å². The fourth-order valence-electron chi connectivity index (χ4n) is 0.151. The maximum absolute atomic E-state index is 9.49. The Kier molecular flexibility index (Phi) is 2.28. The number of rotatable bonds is 1. The van der Waals surface area contributed by atoms with Crippen molar-refractivity contribution in [1.82, 2.24) is 5.32 Å². The molecule has 2 N–H and O–H groups in total. The van der Waals surface area contributed by atoms with E-state index in [4.69, 9.17) is 5.11 Å². The predicted octanol–water partition coefficient (Wildman–Crippen LogP) is -1.16. The molecule has 1 amide bonds. The van der Waals surface area contributed by atoms with E-state index in [-0.39, 0.29) is 0 Å². The summed E-state index contributed by atoms with van der Waals surface area (Å²) in [6.07, 6.45) is -0.479. The first-order valence-electron chi connectivity index (χ1n) is 1.74. The molecule has 0 heterocycles. The van der Waals surface area contributed by atoms with Gasteiger partial charge in [-0.1, -0.05) is 0 Å². The van der Waals surface area contributed by atoms with E-state index in [2.05, 4.69) is 5.32 Å². The van der Waals surface area contributed by atoms with E-state index in [1.807, 2.05) is 0 Å². The van der Waals surface area contributed by atoms with Crippen LogP contribution in [0.1, 0.15) is 0 Å². The molecular weight excluding hydrogens is 80.8 g/mol. The monoisotopic (exact) mass is 87.0 g/mol. The summed E-state index contributed by atoms with van der Waals surface area (Å²) < 4.78 is 0. The number of hydrogen-bond donors (Lipinski definition) is 2. The normalized spacial score (nSPS) is 7.33. The molecule has 0 saturated carbocycles. The second kappa shape index (κ2) is 2.57. The van der Waals surface area contributed by atoms with E-state index >= 15 is 0 Å². The molecule has 0 aliphatic carbocycles. The van der Waals surface area contributed by atoms with Gasteiger partial charge in [-0.25, -0.2) is 4.79 Å². The summed E-state index contributed by atoms with van der Waals surface area (Å²) in [5, 5.41) is 9.93. The van der Waals surface area contributed by atoms with Gasteiger partial charge in [0.15, 0.2) is 0 Å². The zero-order valence-corrected chi connectivity index (χ0v) is 3.56. The Bertz CT molecular complexity index is 55.5. The Labute approximate surface area is 36.8 Å². The van der Waals surface area contributed by atoms with Gasteiger partial charge in [-0.2, -0.15) is 0 Å². The minimum absolute atomic E-state index is 0.481. The predicted molar refractivity (Wildman–Crippen MR) is 24.6 cm³/mol. The molecule has 0 aliphatic rings. The van der Waals surface area contributed by atoms with Gasteiger partial charge in [-0.15, -0.1) is 0 Å². The quantitative estimate of drug-likeness (QED) is 0.396. The smallest absolute Gasteiger partial charge is 0.403 e. The largest absolute Gasteiger partial charge is 0.465 e. The van der Waals surface area contributed by atoms with E-state index in [1.54, 1.807) is 7.85 Å². The van der Waals surface area contributed by atoms with Gasteiger partial charge >= 0.3 is 6.09 Å². The summed E-state index contributed by atoms with van der Waals surface area (Å²) in [7, 11) is 1.73. The summed E-state index contributed by atoms with van der Waals surface area (Å²) in [6.45, 7) is 0. The molecule has 0 fully saturated rings. The lowest BCUT2D eigenvalue weighted by atomic mass is 10.2. The Morgan fingerprint density at radius 2 is 2.50 bits per heavy atom. The third-order valence-corrected chi connectivity index (χ3v) is 0.328. The summed E-state index contributed by atoms with van der Waals surface area (Å²) in [6, 6.07) is 0. The summed E-state index contributed by atoms with van der Waals surface area (Å²) >= 11 is 0. The van der Waals surface area contributed by atoms with Crippen molar-refractivity contribution in [2.75, 3.05) is 6.44 Å². The molecule has 0 aromatic carbocycles. The fraction of sp³-hybridized carbons (Fsp3) is 0.500. The minimum Gasteiger partial charge on any atom is -0.465 e. The van der Waals surface area contributed by atoms with Crippen LogP contribution in [0.25, 0.3) is 0 Å². The van der Waals surface area contributed by atoms with Crippen molar-refractivity contribution in [3.63, 3.8) is 0 Å². The first-order chi connectivity index (χ1) is 2.77.